The Morgan fingerprint density at radius 2 is 1.74 bits per heavy atom. The van der Waals surface area contributed by atoms with Crippen LogP contribution in [0.15, 0.2) is 47.4 Å². The van der Waals surface area contributed by atoms with Crippen molar-refractivity contribution >= 4 is 33.2 Å². The number of nitrogens with one attached hydrogen (secondary N) is 1. The lowest BCUT2D eigenvalue weighted by Crippen LogP contribution is -2.28. The molecule has 0 heterocycles. The number of benzene rings is 2. The fourth-order valence-electron chi connectivity index (χ4n) is 1.82. The lowest BCUT2D eigenvalue weighted by molar-refractivity contribution is 0.323. The minimum absolute atomic E-state index is 0.0533. The summed E-state index contributed by atoms with van der Waals surface area (Å²) in [6.07, 6.45) is 0. The van der Waals surface area contributed by atoms with Crippen LogP contribution in [0.25, 0.3) is 0 Å². The third-order valence-electron chi connectivity index (χ3n) is 2.93. The van der Waals surface area contributed by atoms with Gasteiger partial charge in [0, 0.05) is 6.54 Å². The average Bonchev–Trinajstić information content (AvgIpc) is 2.55. The fraction of sp³-hybridized carbons (Fsp3) is 0.200. The van der Waals surface area contributed by atoms with Crippen LogP contribution in [0.5, 0.6) is 11.5 Å². The number of methoxy groups -OCH3 is 1. The predicted molar refractivity (Wildman–Crippen MR) is 90.1 cm³/mol. The van der Waals surface area contributed by atoms with Crippen molar-refractivity contribution in [3.63, 3.8) is 0 Å². The average molecular weight is 376 g/mol. The molecule has 0 aliphatic rings. The second-order valence-electron chi connectivity index (χ2n) is 4.45. The minimum atomic E-state index is -3.79. The molecule has 0 atom stereocenters. The van der Waals surface area contributed by atoms with Crippen LogP contribution >= 0.6 is 23.2 Å². The van der Waals surface area contributed by atoms with Gasteiger partial charge >= 0.3 is 0 Å². The van der Waals surface area contributed by atoms with Gasteiger partial charge in [0.2, 0.25) is 10.0 Å². The molecular weight excluding hydrogens is 361 g/mol. The first kappa shape index (κ1) is 17.9. The summed E-state index contributed by atoms with van der Waals surface area (Å²) in [6.45, 7) is 0.280. The molecule has 0 unspecified atom stereocenters. The van der Waals surface area contributed by atoms with E-state index in [4.69, 9.17) is 32.7 Å². The van der Waals surface area contributed by atoms with Gasteiger partial charge in [0.15, 0.2) is 0 Å². The molecule has 8 heteroatoms. The van der Waals surface area contributed by atoms with E-state index in [1.54, 1.807) is 12.1 Å². The molecule has 0 aliphatic heterocycles. The highest BCUT2D eigenvalue weighted by Crippen LogP contribution is 2.36. The Kier molecular flexibility index (Phi) is 6.12. The zero-order valence-electron chi connectivity index (χ0n) is 12.3. The highest BCUT2D eigenvalue weighted by molar-refractivity contribution is 7.89. The topological polar surface area (TPSA) is 64.6 Å². The van der Waals surface area contributed by atoms with Gasteiger partial charge in [0.1, 0.15) is 28.0 Å². The lowest BCUT2D eigenvalue weighted by Gasteiger charge is -2.12. The van der Waals surface area contributed by atoms with Crippen LogP contribution in [0.1, 0.15) is 0 Å². The van der Waals surface area contributed by atoms with Crippen molar-refractivity contribution in [3.8, 4) is 11.5 Å². The standard InChI is InChI=1S/C15H15Cl2NO4S/c1-21-12-7-8-13(15(17)14(12)16)23(19,20)18-9-10-22-11-5-3-2-4-6-11/h2-8,18H,9-10H2,1H3. The van der Waals surface area contributed by atoms with E-state index < -0.39 is 10.0 Å². The second kappa shape index (κ2) is 7.88. The number of rotatable bonds is 7. The van der Waals surface area contributed by atoms with Gasteiger partial charge in [-0.3, -0.25) is 0 Å². The molecule has 0 aliphatic carbocycles. The number of ether oxygens (including phenoxy) is 2. The van der Waals surface area contributed by atoms with Gasteiger partial charge in [0.25, 0.3) is 0 Å². The van der Waals surface area contributed by atoms with E-state index in [1.165, 1.54) is 19.2 Å². The van der Waals surface area contributed by atoms with Gasteiger partial charge < -0.3 is 9.47 Å². The first-order valence-corrected chi connectivity index (χ1v) is 8.89. The van der Waals surface area contributed by atoms with Gasteiger partial charge in [-0.2, -0.15) is 0 Å². The van der Waals surface area contributed by atoms with E-state index in [0.717, 1.165) is 0 Å². The van der Waals surface area contributed by atoms with Gasteiger partial charge in [-0.15, -0.1) is 0 Å². The molecule has 2 aromatic carbocycles. The highest BCUT2D eigenvalue weighted by Gasteiger charge is 2.21. The first-order valence-electron chi connectivity index (χ1n) is 6.65. The summed E-state index contributed by atoms with van der Waals surface area (Å²) in [5.41, 5.74) is 0. The third-order valence-corrected chi connectivity index (χ3v) is 5.41. The van der Waals surface area contributed by atoms with E-state index in [0.29, 0.717) is 11.5 Å². The summed E-state index contributed by atoms with van der Waals surface area (Å²) >= 11 is 12.0. The summed E-state index contributed by atoms with van der Waals surface area (Å²) in [5, 5.41) is -0.0277. The number of hydrogen-bond donors (Lipinski definition) is 1. The number of halogens is 2. The van der Waals surface area contributed by atoms with Crippen molar-refractivity contribution in [3.05, 3.63) is 52.5 Å². The Hall–Kier alpha value is -1.47. The van der Waals surface area contributed by atoms with Gasteiger partial charge in [-0.1, -0.05) is 41.4 Å². The van der Waals surface area contributed by atoms with Crippen LogP contribution in [0.4, 0.5) is 0 Å². The molecule has 23 heavy (non-hydrogen) atoms. The van der Waals surface area contributed by atoms with Crippen LogP contribution in [0.3, 0.4) is 0 Å². The number of hydrogen-bond acceptors (Lipinski definition) is 4. The molecule has 0 amide bonds. The zero-order valence-corrected chi connectivity index (χ0v) is 14.6. The van der Waals surface area contributed by atoms with Gasteiger partial charge in [-0.25, -0.2) is 13.1 Å². The maximum absolute atomic E-state index is 12.3. The molecule has 2 aromatic rings. The summed E-state index contributed by atoms with van der Waals surface area (Å²) in [4.78, 5) is -0.107. The summed E-state index contributed by atoms with van der Waals surface area (Å²) in [6, 6.07) is 11.9. The molecule has 0 fully saturated rings. The summed E-state index contributed by atoms with van der Waals surface area (Å²) < 4.78 is 37.4. The van der Waals surface area contributed by atoms with Gasteiger partial charge in [0.05, 0.1) is 12.1 Å². The molecule has 0 saturated carbocycles. The van der Waals surface area contributed by atoms with Crippen molar-refractivity contribution in [1.82, 2.24) is 4.72 Å². The molecule has 0 bridgehead atoms. The molecule has 1 N–H and O–H groups in total. The van der Waals surface area contributed by atoms with Crippen LogP contribution in [-0.4, -0.2) is 28.7 Å². The van der Waals surface area contributed by atoms with Crippen molar-refractivity contribution in [2.24, 2.45) is 0 Å². The maximum atomic E-state index is 12.3. The smallest absolute Gasteiger partial charge is 0.242 e. The molecule has 0 saturated heterocycles. The quantitative estimate of drug-likeness (QED) is 0.753. The zero-order chi connectivity index (χ0) is 16.9. The molecular formula is C15H15Cl2NO4S. The van der Waals surface area contributed by atoms with Crippen molar-refractivity contribution in [2.45, 2.75) is 4.90 Å². The second-order valence-corrected chi connectivity index (χ2v) is 6.94. The molecule has 0 radical (unpaired) electrons. The predicted octanol–water partition coefficient (Wildman–Crippen LogP) is 3.36. The number of para-hydroxylation sites is 1. The van der Waals surface area contributed by atoms with Gasteiger partial charge in [-0.05, 0) is 24.3 Å². The third kappa shape index (κ3) is 4.51. The highest BCUT2D eigenvalue weighted by atomic mass is 35.5. The van der Waals surface area contributed by atoms with E-state index in [1.807, 2.05) is 18.2 Å². The SMILES string of the molecule is COc1ccc(S(=O)(=O)NCCOc2ccccc2)c(Cl)c1Cl. The molecule has 124 valence electrons. The van der Waals surface area contributed by atoms with Crippen molar-refractivity contribution in [1.29, 1.82) is 0 Å². The lowest BCUT2D eigenvalue weighted by atomic mass is 10.3. The monoisotopic (exact) mass is 375 g/mol. The molecule has 5 nitrogen and oxygen atoms in total. The maximum Gasteiger partial charge on any atom is 0.242 e. The van der Waals surface area contributed by atoms with Crippen molar-refractivity contribution < 1.29 is 17.9 Å². The Balaban J connectivity index is 2.01. The van der Waals surface area contributed by atoms with Crippen LogP contribution < -0.4 is 14.2 Å². The van der Waals surface area contributed by atoms with E-state index in [2.05, 4.69) is 4.72 Å². The van der Waals surface area contributed by atoms with Crippen LogP contribution in [0.2, 0.25) is 10.0 Å². The Bertz CT molecular complexity index is 767. The largest absolute Gasteiger partial charge is 0.495 e. The van der Waals surface area contributed by atoms with E-state index in [9.17, 15) is 8.42 Å². The Morgan fingerprint density at radius 3 is 2.39 bits per heavy atom. The van der Waals surface area contributed by atoms with Crippen molar-refractivity contribution in [2.75, 3.05) is 20.3 Å². The number of sulfonamides is 1. The fourth-order valence-corrected chi connectivity index (χ4v) is 3.67. The van der Waals surface area contributed by atoms with Crippen LogP contribution in [-0.2, 0) is 10.0 Å². The molecule has 0 spiro atoms. The Morgan fingerprint density at radius 1 is 1.04 bits per heavy atom. The molecule has 0 aromatic heterocycles. The summed E-state index contributed by atoms with van der Waals surface area (Å²) in [7, 11) is -2.37. The van der Waals surface area contributed by atoms with Crippen LogP contribution in [0, 0.1) is 0 Å². The first-order chi connectivity index (χ1) is 11.0. The molecule has 2 rings (SSSR count). The minimum Gasteiger partial charge on any atom is -0.495 e. The van der Waals surface area contributed by atoms with E-state index >= 15 is 0 Å². The van der Waals surface area contributed by atoms with E-state index in [-0.39, 0.29) is 28.1 Å². The normalized spacial score (nSPS) is 11.3. The Labute approximate surface area is 145 Å². The summed E-state index contributed by atoms with van der Waals surface area (Å²) in [5.74, 6) is 0.972.